The number of hydrogen-bond donors (Lipinski definition) is 2. The molecule has 1 amide bonds. The van der Waals surface area contributed by atoms with Gasteiger partial charge in [0.15, 0.2) is 0 Å². The van der Waals surface area contributed by atoms with Gasteiger partial charge in [0.2, 0.25) is 5.91 Å². The highest BCUT2D eigenvalue weighted by Crippen LogP contribution is 2.15. The SMILES string of the molecule is CC[C@H](C)[C@H](N)C(=O)NCc1cc(Br)ccc1F. The molecule has 0 heterocycles. The first kappa shape index (κ1) is 15.1. The molecule has 0 aromatic heterocycles. The first-order valence-electron chi connectivity index (χ1n) is 5.93. The molecule has 0 fully saturated rings. The van der Waals surface area contributed by atoms with Crippen molar-refractivity contribution in [1.29, 1.82) is 0 Å². The predicted octanol–water partition coefficient (Wildman–Crippen LogP) is 2.58. The number of carbonyl (C=O) groups is 1. The van der Waals surface area contributed by atoms with E-state index in [1.165, 1.54) is 6.07 Å². The molecule has 0 radical (unpaired) electrons. The van der Waals surface area contributed by atoms with E-state index >= 15 is 0 Å². The Morgan fingerprint density at radius 1 is 1.56 bits per heavy atom. The van der Waals surface area contributed by atoms with Crippen LogP contribution in [-0.2, 0) is 11.3 Å². The molecule has 1 aromatic rings. The first-order valence-corrected chi connectivity index (χ1v) is 6.72. The molecule has 0 aliphatic carbocycles. The summed E-state index contributed by atoms with van der Waals surface area (Å²) in [6.45, 7) is 4.05. The average molecular weight is 317 g/mol. The smallest absolute Gasteiger partial charge is 0.237 e. The highest BCUT2D eigenvalue weighted by Gasteiger charge is 2.19. The van der Waals surface area contributed by atoms with Gasteiger partial charge in [-0.2, -0.15) is 0 Å². The van der Waals surface area contributed by atoms with E-state index in [-0.39, 0.29) is 24.2 Å². The Morgan fingerprint density at radius 2 is 2.22 bits per heavy atom. The summed E-state index contributed by atoms with van der Waals surface area (Å²) in [4.78, 5) is 11.7. The fourth-order valence-corrected chi connectivity index (χ4v) is 1.90. The molecule has 3 N–H and O–H groups in total. The van der Waals surface area contributed by atoms with Crippen molar-refractivity contribution in [2.75, 3.05) is 0 Å². The lowest BCUT2D eigenvalue weighted by atomic mass is 9.99. The number of hydrogen-bond acceptors (Lipinski definition) is 2. The molecule has 1 aromatic carbocycles. The lowest BCUT2D eigenvalue weighted by Gasteiger charge is -2.17. The van der Waals surface area contributed by atoms with Crippen molar-refractivity contribution >= 4 is 21.8 Å². The van der Waals surface area contributed by atoms with Crippen molar-refractivity contribution in [1.82, 2.24) is 5.32 Å². The van der Waals surface area contributed by atoms with Crippen LogP contribution in [0.25, 0.3) is 0 Å². The van der Waals surface area contributed by atoms with E-state index in [4.69, 9.17) is 5.73 Å². The van der Waals surface area contributed by atoms with Crippen LogP contribution in [-0.4, -0.2) is 11.9 Å². The van der Waals surface area contributed by atoms with Crippen molar-refractivity contribution in [2.24, 2.45) is 11.7 Å². The van der Waals surface area contributed by atoms with Gasteiger partial charge in [-0.3, -0.25) is 4.79 Å². The average Bonchev–Trinajstić information content (AvgIpc) is 2.37. The number of benzene rings is 1. The molecule has 18 heavy (non-hydrogen) atoms. The van der Waals surface area contributed by atoms with Gasteiger partial charge in [0.05, 0.1) is 6.04 Å². The second-order valence-corrected chi connectivity index (χ2v) is 5.28. The zero-order valence-corrected chi connectivity index (χ0v) is 12.1. The van der Waals surface area contributed by atoms with Crippen molar-refractivity contribution in [3.05, 3.63) is 34.1 Å². The molecule has 0 aliphatic rings. The summed E-state index contributed by atoms with van der Waals surface area (Å²) in [7, 11) is 0. The lowest BCUT2D eigenvalue weighted by Crippen LogP contribution is -2.44. The summed E-state index contributed by atoms with van der Waals surface area (Å²) < 4.78 is 14.2. The van der Waals surface area contributed by atoms with E-state index < -0.39 is 6.04 Å². The maximum absolute atomic E-state index is 13.4. The lowest BCUT2D eigenvalue weighted by molar-refractivity contribution is -0.123. The molecule has 0 unspecified atom stereocenters. The summed E-state index contributed by atoms with van der Waals surface area (Å²) in [6.07, 6.45) is 0.833. The van der Waals surface area contributed by atoms with Crippen LogP contribution >= 0.6 is 15.9 Å². The molecule has 3 nitrogen and oxygen atoms in total. The predicted molar refractivity (Wildman–Crippen MR) is 73.4 cm³/mol. The fourth-order valence-electron chi connectivity index (χ4n) is 1.49. The zero-order chi connectivity index (χ0) is 13.7. The maximum Gasteiger partial charge on any atom is 0.237 e. The molecule has 0 saturated carbocycles. The second kappa shape index (κ2) is 6.85. The Morgan fingerprint density at radius 3 is 2.83 bits per heavy atom. The highest BCUT2D eigenvalue weighted by molar-refractivity contribution is 9.10. The third-order valence-electron chi connectivity index (χ3n) is 3.02. The monoisotopic (exact) mass is 316 g/mol. The Labute approximate surface area is 115 Å². The van der Waals surface area contributed by atoms with Gasteiger partial charge in [-0.1, -0.05) is 36.2 Å². The third kappa shape index (κ3) is 4.07. The Hall–Kier alpha value is -0.940. The second-order valence-electron chi connectivity index (χ2n) is 4.36. The van der Waals surface area contributed by atoms with Crippen LogP contribution in [0.1, 0.15) is 25.8 Å². The number of rotatable bonds is 5. The topological polar surface area (TPSA) is 55.1 Å². The number of halogens is 2. The molecule has 0 bridgehead atoms. The van der Waals surface area contributed by atoms with Gasteiger partial charge >= 0.3 is 0 Å². The fraction of sp³-hybridized carbons (Fsp3) is 0.462. The van der Waals surface area contributed by atoms with E-state index in [1.54, 1.807) is 12.1 Å². The summed E-state index contributed by atoms with van der Waals surface area (Å²) in [5.41, 5.74) is 6.23. The summed E-state index contributed by atoms with van der Waals surface area (Å²) in [5, 5.41) is 2.66. The van der Waals surface area contributed by atoms with Gasteiger partial charge in [0.25, 0.3) is 0 Å². The van der Waals surface area contributed by atoms with Gasteiger partial charge < -0.3 is 11.1 Å². The molecule has 0 saturated heterocycles. The van der Waals surface area contributed by atoms with E-state index in [9.17, 15) is 9.18 Å². The van der Waals surface area contributed by atoms with Gasteiger partial charge in [0, 0.05) is 16.6 Å². The van der Waals surface area contributed by atoms with E-state index in [0.717, 1.165) is 10.9 Å². The first-order chi connectivity index (χ1) is 8.45. The maximum atomic E-state index is 13.4. The van der Waals surface area contributed by atoms with Gasteiger partial charge in [-0.05, 0) is 24.1 Å². The van der Waals surface area contributed by atoms with Crippen LogP contribution in [0.4, 0.5) is 4.39 Å². The van der Waals surface area contributed by atoms with E-state index in [2.05, 4.69) is 21.2 Å². The van der Waals surface area contributed by atoms with Crippen LogP contribution in [0.15, 0.2) is 22.7 Å². The van der Waals surface area contributed by atoms with Crippen LogP contribution in [0.3, 0.4) is 0 Å². The molecule has 0 aliphatic heterocycles. The van der Waals surface area contributed by atoms with Crippen LogP contribution < -0.4 is 11.1 Å². The van der Waals surface area contributed by atoms with E-state index in [1.807, 2.05) is 13.8 Å². The molecule has 100 valence electrons. The molecular formula is C13H18BrFN2O. The van der Waals surface area contributed by atoms with Crippen molar-refractivity contribution < 1.29 is 9.18 Å². The molecule has 5 heteroatoms. The third-order valence-corrected chi connectivity index (χ3v) is 3.51. The van der Waals surface area contributed by atoms with Gasteiger partial charge in [-0.25, -0.2) is 4.39 Å². The normalized spacial score (nSPS) is 14.1. The quantitative estimate of drug-likeness (QED) is 0.877. The standard InChI is InChI=1S/C13H18BrFN2O/c1-3-8(2)12(16)13(18)17-7-9-6-10(14)4-5-11(9)15/h4-6,8,12H,3,7,16H2,1-2H3,(H,17,18)/t8-,12-/m0/s1. The Bertz CT molecular complexity index is 425. The molecule has 0 spiro atoms. The summed E-state index contributed by atoms with van der Waals surface area (Å²) in [6, 6.07) is 4.07. The molecule has 2 atom stereocenters. The molecular weight excluding hydrogens is 299 g/mol. The number of nitrogens with two attached hydrogens (primary N) is 1. The number of nitrogens with one attached hydrogen (secondary N) is 1. The summed E-state index contributed by atoms with van der Waals surface area (Å²) >= 11 is 3.26. The Kier molecular flexibility index (Phi) is 5.75. The number of carbonyl (C=O) groups excluding carboxylic acids is 1. The minimum atomic E-state index is -0.551. The number of amides is 1. The minimum Gasteiger partial charge on any atom is -0.351 e. The van der Waals surface area contributed by atoms with Gasteiger partial charge in [-0.15, -0.1) is 0 Å². The van der Waals surface area contributed by atoms with Crippen LogP contribution in [0.5, 0.6) is 0 Å². The van der Waals surface area contributed by atoms with E-state index in [0.29, 0.717) is 5.56 Å². The highest BCUT2D eigenvalue weighted by atomic mass is 79.9. The van der Waals surface area contributed by atoms with Crippen molar-refractivity contribution in [3.8, 4) is 0 Å². The largest absolute Gasteiger partial charge is 0.351 e. The van der Waals surface area contributed by atoms with Gasteiger partial charge in [0.1, 0.15) is 5.82 Å². The van der Waals surface area contributed by atoms with Crippen molar-refractivity contribution in [3.63, 3.8) is 0 Å². The minimum absolute atomic E-state index is 0.109. The zero-order valence-electron chi connectivity index (χ0n) is 10.5. The molecule has 1 rings (SSSR count). The van der Waals surface area contributed by atoms with Crippen LogP contribution in [0.2, 0.25) is 0 Å². The Balaban J connectivity index is 2.60. The van der Waals surface area contributed by atoms with Crippen LogP contribution in [0, 0.1) is 11.7 Å². The summed E-state index contributed by atoms with van der Waals surface area (Å²) in [5.74, 6) is -0.475. The van der Waals surface area contributed by atoms with Crippen molar-refractivity contribution in [2.45, 2.75) is 32.9 Å².